The Morgan fingerprint density at radius 1 is 1.38 bits per heavy atom. The standard InChI is InChI=1S/C16H21ClFN3O3/c1-16(2,3)24-15(22)21-9-4-5-10(21)14(18)11(6-9)23-13-8-19-7-12(17)20-13/h7-11,14H,4-6H2,1-3H3/t9?,10?,11-,14-/m1/s1. The van der Waals surface area contributed by atoms with Gasteiger partial charge in [-0.15, -0.1) is 0 Å². The second kappa shape index (κ2) is 6.35. The van der Waals surface area contributed by atoms with E-state index in [-0.39, 0.29) is 17.1 Å². The minimum Gasteiger partial charge on any atom is -0.470 e. The number of fused-ring (bicyclic) bond motifs is 2. The van der Waals surface area contributed by atoms with Gasteiger partial charge in [0, 0.05) is 12.5 Å². The molecular formula is C16H21ClFN3O3. The van der Waals surface area contributed by atoms with E-state index < -0.39 is 30.0 Å². The Morgan fingerprint density at radius 2 is 2.12 bits per heavy atom. The molecule has 8 heteroatoms. The van der Waals surface area contributed by atoms with Crippen molar-refractivity contribution >= 4 is 17.7 Å². The first kappa shape index (κ1) is 17.2. The summed E-state index contributed by atoms with van der Waals surface area (Å²) in [5.41, 5.74) is -0.605. The van der Waals surface area contributed by atoms with Crippen LogP contribution in [0.2, 0.25) is 5.15 Å². The van der Waals surface area contributed by atoms with Crippen molar-refractivity contribution in [1.82, 2.24) is 14.9 Å². The van der Waals surface area contributed by atoms with E-state index in [0.29, 0.717) is 12.8 Å². The molecule has 2 bridgehead atoms. The molecule has 0 N–H and O–H groups in total. The van der Waals surface area contributed by atoms with Gasteiger partial charge < -0.3 is 9.47 Å². The zero-order valence-electron chi connectivity index (χ0n) is 13.9. The summed E-state index contributed by atoms with van der Waals surface area (Å²) in [6.07, 6.45) is 2.09. The highest BCUT2D eigenvalue weighted by atomic mass is 35.5. The highest BCUT2D eigenvalue weighted by Crippen LogP contribution is 2.39. The summed E-state index contributed by atoms with van der Waals surface area (Å²) in [7, 11) is 0. The number of carbonyl (C=O) groups is 1. The van der Waals surface area contributed by atoms with E-state index in [0.717, 1.165) is 6.42 Å². The van der Waals surface area contributed by atoms with Gasteiger partial charge in [0.05, 0.1) is 18.4 Å². The molecule has 2 unspecified atom stereocenters. The van der Waals surface area contributed by atoms with Gasteiger partial charge in [0.2, 0.25) is 5.88 Å². The van der Waals surface area contributed by atoms with E-state index in [1.54, 1.807) is 25.7 Å². The lowest BCUT2D eigenvalue weighted by Gasteiger charge is -2.41. The molecule has 4 atom stereocenters. The zero-order valence-corrected chi connectivity index (χ0v) is 14.7. The van der Waals surface area contributed by atoms with Gasteiger partial charge in [0.1, 0.15) is 11.7 Å². The minimum absolute atomic E-state index is 0.0889. The van der Waals surface area contributed by atoms with Crippen LogP contribution in [0.25, 0.3) is 0 Å². The van der Waals surface area contributed by atoms with Crippen molar-refractivity contribution in [2.45, 2.75) is 70.0 Å². The number of rotatable bonds is 2. The Hall–Kier alpha value is -1.63. The van der Waals surface area contributed by atoms with Crippen LogP contribution < -0.4 is 4.74 Å². The smallest absolute Gasteiger partial charge is 0.410 e. The molecule has 1 aromatic rings. The molecule has 132 valence electrons. The number of amides is 1. The molecule has 0 saturated carbocycles. The zero-order chi connectivity index (χ0) is 17.5. The molecule has 1 aromatic heterocycles. The summed E-state index contributed by atoms with van der Waals surface area (Å²) >= 11 is 5.78. The quantitative estimate of drug-likeness (QED) is 0.811. The van der Waals surface area contributed by atoms with Crippen LogP contribution in [0.3, 0.4) is 0 Å². The Bertz CT molecular complexity index is 625. The lowest BCUT2D eigenvalue weighted by Crippen LogP contribution is -2.57. The Labute approximate surface area is 145 Å². The van der Waals surface area contributed by atoms with Crippen molar-refractivity contribution in [3.05, 3.63) is 17.5 Å². The van der Waals surface area contributed by atoms with Gasteiger partial charge >= 0.3 is 6.09 Å². The molecule has 3 heterocycles. The summed E-state index contributed by atoms with van der Waals surface area (Å²) in [4.78, 5) is 21.8. The predicted molar refractivity (Wildman–Crippen MR) is 85.9 cm³/mol. The monoisotopic (exact) mass is 357 g/mol. The van der Waals surface area contributed by atoms with Crippen LogP contribution in [-0.2, 0) is 4.74 Å². The van der Waals surface area contributed by atoms with Gasteiger partial charge in [-0.2, -0.15) is 4.98 Å². The molecule has 3 rings (SSSR count). The lowest BCUT2D eigenvalue weighted by molar-refractivity contribution is -0.0411. The summed E-state index contributed by atoms with van der Waals surface area (Å²) < 4.78 is 26.0. The normalized spacial score (nSPS) is 29.5. The number of halogens is 2. The maximum atomic E-state index is 14.9. The molecule has 2 aliphatic rings. The average molecular weight is 358 g/mol. The Morgan fingerprint density at radius 3 is 2.79 bits per heavy atom. The van der Waals surface area contributed by atoms with Crippen LogP contribution in [0.4, 0.5) is 9.18 Å². The molecule has 2 aliphatic heterocycles. The highest BCUT2D eigenvalue weighted by molar-refractivity contribution is 6.29. The maximum absolute atomic E-state index is 14.9. The Kier molecular flexibility index (Phi) is 4.55. The third-order valence-electron chi connectivity index (χ3n) is 4.23. The van der Waals surface area contributed by atoms with Crippen LogP contribution in [0.5, 0.6) is 5.88 Å². The first-order valence-corrected chi connectivity index (χ1v) is 8.42. The van der Waals surface area contributed by atoms with Crippen LogP contribution in [0.15, 0.2) is 12.4 Å². The number of alkyl halides is 1. The van der Waals surface area contributed by atoms with Gasteiger partial charge in [-0.3, -0.25) is 9.88 Å². The summed E-state index contributed by atoms with van der Waals surface area (Å²) in [6.45, 7) is 5.40. The van der Waals surface area contributed by atoms with E-state index in [4.69, 9.17) is 21.1 Å². The molecule has 24 heavy (non-hydrogen) atoms. The van der Waals surface area contributed by atoms with Crippen molar-refractivity contribution in [2.24, 2.45) is 0 Å². The summed E-state index contributed by atoms with van der Waals surface area (Å²) in [6, 6.07) is -0.621. The predicted octanol–water partition coefficient (Wildman–Crippen LogP) is 3.39. The number of nitrogens with zero attached hydrogens (tertiary/aromatic N) is 3. The van der Waals surface area contributed by atoms with Crippen LogP contribution >= 0.6 is 11.6 Å². The number of carbonyl (C=O) groups excluding carboxylic acids is 1. The van der Waals surface area contributed by atoms with Gasteiger partial charge in [-0.1, -0.05) is 11.6 Å². The van der Waals surface area contributed by atoms with E-state index >= 15 is 0 Å². The fraction of sp³-hybridized carbons (Fsp3) is 0.688. The van der Waals surface area contributed by atoms with E-state index in [1.807, 2.05) is 0 Å². The molecule has 2 saturated heterocycles. The second-order valence-corrected chi connectivity index (χ2v) is 7.59. The Balaban J connectivity index is 1.71. The minimum atomic E-state index is -1.31. The second-order valence-electron chi connectivity index (χ2n) is 7.20. The van der Waals surface area contributed by atoms with Crippen molar-refractivity contribution in [2.75, 3.05) is 0 Å². The molecule has 0 aliphatic carbocycles. The van der Waals surface area contributed by atoms with Crippen molar-refractivity contribution in [3.8, 4) is 5.88 Å². The molecular weight excluding hydrogens is 337 g/mol. The van der Waals surface area contributed by atoms with Gasteiger partial charge in [0.15, 0.2) is 11.3 Å². The summed E-state index contributed by atoms with van der Waals surface area (Å²) in [5.74, 6) is 0.195. The first-order chi connectivity index (χ1) is 11.2. The molecule has 0 radical (unpaired) electrons. The fourth-order valence-electron chi connectivity index (χ4n) is 3.35. The van der Waals surface area contributed by atoms with Crippen molar-refractivity contribution in [1.29, 1.82) is 0 Å². The first-order valence-electron chi connectivity index (χ1n) is 8.04. The molecule has 6 nitrogen and oxygen atoms in total. The number of piperidine rings is 1. The number of aromatic nitrogens is 2. The average Bonchev–Trinajstić information content (AvgIpc) is 2.81. The van der Waals surface area contributed by atoms with Crippen LogP contribution in [0, 0.1) is 0 Å². The van der Waals surface area contributed by atoms with Gasteiger partial charge in [0.25, 0.3) is 0 Å². The SMILES string of the molecule is CC(C)(C)OC(=O)N1C2CCC1[C@@H](F)[C@H](Oc1cncc(Cl)n1)C2. The molecule has 0 aromatic carbocycles. The lowest BCUT2D eigenvalue weighted by atomic mass is 9.98. The van der Waals surface area contributed by atoms with E-state index in [1.165, 1.54) is 12.4 Å². The topological polar surface area (TPSA) is 64.5 Å². The van der Waals surface area contributed by atoms with E-state index in [9.17, 15) is 9.18 Å². The van der Waals surface area contributed by atoms with Crippen molar-refractivity contribution < 1.29 is 18.7 Å². The third-order valence-corrected chi connectivity index (χ3v) is 4.42. The maximum Gasteiger partial charge on any atom is 0.410 e. The van der Waals surface area contributed by atoms with E-state index in [2.05, 4.69) is 9.97 Å². The largest absolute Gasteiger partial charge is 0.470 e. The van der Waals surface area contributed by atoms with Crippen LogP contribution in [-0.4, -0.2) is 50.9 Å². The molecule has 0 spiro atoms. The number of hydrogen-bond donors (Lipinski definition) is 0. The van der Waals surface area contributed by atoms with Crippen molar-refractivity contribution in [3.63, 3.8) is 0 Å². The van der Waals surface area contributed by atoms with Gasteiger partial charge in [-0.25, -0.2) is 9.18 Å². The van der Waals surface area contributed by atoms with Gasteiger partial charge in [-0.05, 0) is 33.6 Å². The summed E-state index contributed by atoms with van der Waals surface area (Å²) in [5, 5.41) is 0.192. The van der Waals surface area contributed by atoms with Crippen LogP contribution in [0.1, 0.15) is 40.0 Å². The third kappa shape index (κ3) is 3.55. The number of hydrogen-bond acceptors (Lipinski definition) is 5. The molecule has 2 fully saturated rings. The highest BCUT2D eigenvalue weighted by Gasteiger charge is 2.52. The molecule has 1 amide bonds. The number of ether oxygens (including phenoxy) is 2. The fourth-order valence-corrected chi connectivity index (χ4v) is 3.49.